The van der Waals surface area contributed by atoms with Crippen LogP contribution in [0.15, 0.2) is 48.5 Å². The molecule has 0 aromatic heterocycles. The maximum Gasteiger partial charge on any atom is 0.252 e. The molecule has 2 amide bonds. The zero-order chi connectivity index (χ0) is 18.9. The minimum Gasteiger partial charge on any atom is -0.351 e. The Kier molecular flexibility index (Phi) is 7.60. The van der Waals surface area contributed by atoms with Gasteiger partial charge in [0.15, 0.2) is 0 Å². The Morgan fingerprint density at radius 3 is 2.54 bits per heavy atom. The first-order chi connectivity index (χ1) is 12.5. The molecule has 26 heavy (non-hydrogen) atoms. The van der Waals surface area contributed by atoms with Gasteiger partial charge in [-0.05, 0) is 36.8 Å². The van der Waals surface area contributed by atoms with E-state index >= 15 is 0 Å². The summed E-state index contributed by atoms with van der Waals surface area (Å²) in [5.74, 6) is -0.992. The van der Waals surface area contributed by atoms with Gasteiger partial charge in [0.05, 0.1) is 10.6 Å². The lowest BCUT2D eigenvalue weighted by Gasteiger charge is -2.23. The van der Waals surface area contributed by atoms with Gasteiger partial charge in [-0.25, -0.2) is 4.39 Å². The molecule has 138 valence electrons. The third-order valence-corrected chi connectivity index (χ3v) is 4.22. The summed E-state index contributed by atoms with van der Waals surface area (Å²) in [6.45, 7) is 2.89. The van der Waals surface area contributed by atoms with E-state index in [1.54, 1.807) is 4.90 Å². The Morgan fingerprint density at radius 1 is 1.15 bits per heavy atom. The number of carbonyl (C=O) groups is 2. The molecule has 2 rings (SSSR count). The van der Waals surface area contributed by atoms with E-state index in [9.17, 15) is 14.0 Å². The van der Waals surface area contributed by atoms with E-state index in [1.807, 2.05) is 30.3 Å². The monoisotopic (exact) mass is 376 g/mol. The summed E-state index contributed by atoms with van der Waals surface area (Å²) < 4.78 is 13.1. The first-order valence-corrected chi connectivity index (χ1v) is 8.99. The van der Waals surface area contributed by atoms with Gasteiger partial charge in [-0.1, -0.05) is 43.1 Å². The molecule has 0 atom stereocenters. The molecule has 0 spiro atoms. The molecule has 0 saturated heterocycles. The first-order valence-electron chi connectivity index (χ1n) is 8.61. The van der Waals surface area contributed by atoms with E-state index in [0.717, 1.165) is 24.6 Å². The number of amides is 2. The number of rotatable bonds is 8. The Balaban J connectivity index is 1.94. The second-order valence-electron chi connectivity index (χ2n) is 5.86. The summed E-state index contributed by atoms with van der Waals surface area (Å²) in [5.41, 5.74) is 1.03. The van der Waals surface area contributed by atoms with Crippen molar-refractivity contribution < 1.29 is 14.0 Å². The van der Waals surface area contributed by atoms with E-state index in [0.29, 0.717) is 6.54 Å². The Morgan fingerprint density at radius 2 is 1.88 bits per heavy atom. The Hall–Kier alpha value is -2.40. The van der Waals surface area contributed by atoms with Crippen LogP contribution in [0.3, 0.4) is 0 Å². The number of anilines is 1. The smallest absolute Gasteiger partial charge is 0.252 e. The van der Waals surface area contributed by atoms with Gasteiger partial charge < -0.3 is 10.2 Å². The number of nitrogens with one attached hydrogen (secondary N) is 1. The van der Waals surface area contributed by atoms with E-state index in [4.69, 9.17) is 11.6 Å². The van der Waals surface area contributed by atoms with Crippen LogP contribution >= 0.6 is 11.6 Å². The highest BCUT2D eigenvalue weighted by atomic mass is 35.5. The number of hydrogen-bond acceptors (Lipinski definition) is 2. The van der Waals surface area contributed by atoms with Gasteiger partial charge >= 0.3 is 0 Å². The van der Waals surface area contributed by atoms with Crippen LogP contribution < -0.4 is 10.2 Å². The number of carbonyl (C=O) groups excluding carboxylic acids is 2. The van der Waals surface area contributed by atoms with Gasteiger partial charge in [-0.2, -0.15) is 0 Å². The molecule has 0 unspecified atom stereocenters. The van der Waals surface area contributed by atoms with E-state index < -0.39 is 11.7 Å². The topological polar surface area (TPSA) is 49.4 Å². The van der Waals surface area contributed by atoms with Crippen molar-refractivity contribution in [2.75, 3.05) is 18.0 Å². The SMILES string of the molecule is CCCCN(C(=O)CCNC(=O)c1ccc(F)cc1Cl)c1ccccc1. The van der Waals surface area contributed by atoms with Crippen molar-refractivity contribution in [1.29, 1.82) is 0 Å². The molecular weight excluding hydrogens is 355 g/mol. The van der Waals surface area contributed by atoms with Crippen LogP contribution in [0.1, 0.15) is 36.5 Å². The molecule has 0 aliphatic carbocycles. The predicted molar refractivity (Wildman–Crippen MR) is 102 cm³/mol. The fourth-order valence-corrected chi connectivity index (χ4v) is 2.76. The van der Waals surface area contributed by atoms with Crippen molar-refractivity contribution >= 4 is 29.1 Å². The second kappa shape index (κ2) is 9.92. The first kappa shape index (κ1) is 19.9. The number of benzene rings is 2. The fourth-order valence-electron chi connectivity index (χ4n) is 2.51. The van der Waals surface area contributed by atoms with Gasteiger partial charge in [0.2, 0.25) is 5.91 Å². The molecule has 0 aliphatic rings. The Bertz CT molecular complexity index is 753. The highest BCUT2D eigenvalue weighted by Gasteiger charge is 2.16. The highest BCUT2D eigenvalue weighted by Crippen LogP contribution is 2.17. The van der Waals surface area contributed by atoms with Crippen molar-refractivity contribution in [2.45, 2.75) is 26.2 Å². The third-order valence-electron chi connectivity index (χ3n) is 3.90. The quantitative estimate of drug-likeness (QED) is 0.740. The van der Waals surface area contributed by atoms with Crippen LogP contribution in [0.2, 0.25) is 5.02 Å². The molecule has 2 aromatic rings. The molecule has 0 heterocycles. The van der Waals surface area contributed by atoms with Crippen LogP contribution in [-0.4, -0.2) is 24.9 Å². The van der Waals surface area contributed by atoms with E-state index in [-0.39, 0.29) is 29.5 Å². The van der Waals surface area contributed by atoms with Crippen molar-refractivity contribution in [3.8, 4) is 0 Å². The summed E-state index contributed by atoms with van der Waals surface area (Å²) in [4.78, 5) is 26.4. The minimum atomic E-state index is -0.504. The maximum absolute atomic E-state index is 13.1. The maximum atomic E-state index is 13.1. The molecule has 2 aromatic carbocycles. The second-order valence-corrected chi connectivity index (χ2v) is 6.27. The zero-order valence-corrected chi connectivity index (χ0v) is 15.4. The molecule has 0 aliphatic heterocycles. The van der Waals surface area contributed by atoms with Gasteiger partial charge in [0, 0.05) is 25.2 Å². The fraction of sp³-hybridized carbons (Fsp3) is 0.300. The molecule has 0 saturated carbocycles. The van der Waals surface area contributed by atoms with Gasteiger partial charge in [-0.15, -0.1) is 0 Å². The van der Waals surface area contributed by atoms with Crippen molar-refractivity contribution in [3.05, 3.63) is 64.9 Å². The van der Waals surface area contributed by atoms with Crippen molar-refractivity contribution in [1.82, 2.24) is 5.32 Å². The molecule has 6 heteroatoms. The number of unbranched alkanes of at least 4 members (excludes halogenated alkanes) is 1. The predicted octanol–water partition coefficient (Wildman–Crippen LogP) is 4.43. The van der Waals surface area contributed by atoms with E-state index in [2.05, 4.69) is 12.2 Å². The van der Waals surface area contributed by atoms with Crippen molar-refractivity contribution in [3.63, 3.8) is 0 Å². The lowest BCUT2D eigenvalue weighted by molar-refractivity contribution is -0.118. The Labute approximate surface area is 158 Å². The summed E-state index contributed by atoms with van der Waals surface area (Å²) in [6.07, 6.45) is 2.05. The standard InChI is InChI=1S/C20H22ClFN2O2/c1-2-3-13-24(16-7-5-4-6-8-16)19(25)11-12-23-20(26)17-10-9-15(22)14-18(17)21/h4-10,14H,2-3,11-13H2,1H3,(H,23,26). The summed E-state index contributed by atoms with van der Waals surface area (Å²) in [5, 5.41) is 2.70. The molecule has 0 radical (unpaired) electrons. The summed E-state index contributed by atoms with van der Waals surface area (Å²) in [7, 11) is 0. The number of halogens is 2. The van der Waals surface area contributed by atoms with Crippen LogP contribution in [0.5, 0.6) is 0 Å². The van der Waals surface area contributed by atoms with E-state index in [1.165, 1.54) is 12.1 Å². The minimum absolute atomic E-state index is 0.0442. The van der Waals surface area contributed by atoms with Gasteiger partial charge in [0.1, 0.15) is 5.82 Å². The summed E-state index contributed by atoms with van der Waals surface area (Å²) in [6, 6.07) is 13.1. The number of nitrogens with zero attached hydrogens (tertiary/aromatic N) is 1. The molecule has 4 nitrogen and oxygen atoms in total. The van der Waals surface area contributed by atoms with Crippen molar-refractivity contribution in [2.24, 2.45) is 0 Å². The van der Waals surface area contributed by atoms with Crippen LogP contribution in [0.4, 0.5) is 10.1 Å². The van der Waals surface area contributed by atoms with Gasteiger partial charge in [-0.3, -0.25) is 9.59 Å². The molecule has 1 N–H and O–H groups in total. The van der Waals surface area contributed by atoms with Crippen LogP contribution in [0, 0.1) is 5.82 Å². The van der Waals surface area contributed by atoms with Gasteiger partial charge in [0.25, 0.3) is 5.91 Å². The highest BCUT2D eigenvalue weighted by molar-refractivity contribution is 6.33. The normalized spacial score (nSPS) is 10.4. The summed E-state index contributed by atoms with van der Waals surface area (Å²) >= 11 is 5.88. The zero-order valence-electron chi connectivity index (χ0n) is 14.7. The largest absolute Gasteiger partial charge is 0.351 e. The lowest BCUT2D eigenvalue weighted by Crippen LogP contribution is -2.35. The number of para-hydroxylation sites is 1. The molecule has 0 bridgehead atoms. The average molecular weight is 377 g/mol. The van der Waals surface area contributed by atoms with Crippen LogP contribution in [0.25, 0.3) is 0 Å². The molecule has 0 fully saturated rings. The third kappa shape index (κ3) is 5.56. The average Bonchev–Trinajstić information content (AvgIpc) is 2.62. The number of hydrogen-bond donors (Lipinski definition) is 1. The van der Waals surface area contributed by atoms with Crippen LogP contribution in [-0.2, 0) is 4.79 Å². The lowest BCUT2D eigenvalue weighted by atomic mass is 10.2. The molecular formula is C20H22ClFN2O2.